The third-order valence-corrected chi connectivity index (χ3v) is 4.58. The zero-order valence-electron chi connectivity index (χ0n) is 14.3. The van der Waals surface area contributed by atoms with Gasteiger partial charge in [0.25, 0.3) is 5.56 Å². The molecule has 2 atom stereocenters. The van der Waals surface area contributed by atoms with E-state index in [1.54, 1.807) is 10.9 Å². The van der Waals surface area contributed by atoms with Crippen molar-refractivity contribution < 1.29 is 4.74 Å². The highest BCUT2D eigenvalue weighted by molar-refractivity contribution is 5.75. The van der Waals surface area contributed by atoms with E-state index in [0.29, 0.717) is 30.0 Å². The van der Waals surface area contributed by atoms with Crippen LogP contribution in [0, 0.1) is 0 Å². The van der Waals surface area contributed by atoms with Gasteiger partial charge in [0.15, 0.2) is 5.65 Å². The second-order valence-corrected chi connectivity index (χ2v) is 6.56. The Bertz CT molecular complexity index is 934. The first-order chi connectivity index (χ1) is 12.1. The van der Waals surface area contributed by atoms with Crippen LogP contribution in [0.4, 0.5) is 0 Å². The number of H-pyrrole nitrogens is 1. The molecule has 1 aliphatic rings. The van der Waals surface area contributed by atoms with Crippen molar-refractivity contribution in [3.8, 4) is 5.69 Å². The maximum absolute atomic E-state index is 12.4. The summed E-state index contributed by atoms with van der Waals surface area (Å²) in [6, 6.07) is 10.0. The van der Waals surface area contributed by atoms with Crippen molar-refractivity contribution in [1.29, 1.82) is 0 Å². The van der Waals surface area contributed by atoms with Gasteiger partial charge in [-0.1, -0.05) is 18.2 Å². The largest absolute Gasteiger partial charge is 0.376 e. The van der Waals surface area contributed by atoms with Crippen LogP contribution in [0.25, 0.3) is 16.7 Å². The molecule has 0 unspecified atom stereocenters. The van der Waals surface area contributed by atoms with Crippen LogP contribution >= 0.6 is 0 Å². The van der Waals surface area contributed by atoms with Gasteiger partial charge in [-0.15, -0.1) is 0 Å². The van der Waals surface area contributed by atoms with Crippen LogP contribution in [0.3, 0.4) is 0 Å². The number of hydrogen-bond donors (Lipinski definition) is 1. The number of morpholine rings is 1. The van der Waals surface area contributed by atoms with Crippen LogP contribution in [0.2, 0.25) is 0 Å². The van der Waals surface area contributed by atoms with Gasteiger partial charge in [0.2, 0.25) is 0 Å². The average Bonchev–Trinajstić information content (AvgIpc) is 3.03. The lowest BCUT2D eigenvalue weighted by molar-refractivity contribution is -0.0534. The van der Waals surface area contributed by atoms with Gasteiger partial charge in [0.1, 0.15) is 11.2 Å². The normalized spacial score (nSPS) is 21.7. The number of benzene rings is 1. The predicted octanol–water partition coefficient (Wildman–Crippen LogP) is 1.72. The molecular weight excluding hydrogens is 318 g/mol. The smallest absolute Gasteiger partial charge is 0.262 e. The summed E-state index contributed by atoms with van der Waals surface area (Å²) in [7, 11) is 0. The Morgan fingerprint density at radius 2 is 2.08 bits per heavy atom. The van der Waals surface area contributed by atoms with Crippen molar-refractivity contribution in [3.05, 3.63) is 52.7 Å². The molecule has 1 N–H and O–H groups in total. The minimum absolute atomic E-state index is 0.156. The molecule has 1 aromatic carbocycles. The van der Waals surface area contributed by atoms with Gasteiger partial charge in [0.05, 0.1) is 31.1 Å². The molecule has 0 aliphatic carbocycles. The lowest BCUT2D eigenvalue weighted by Gasteiger charge is -2.36. The van der Waals surface area contributed by atoms with Crippen LogP contribution in [0.15, 0.2) is 41.3 Å². The number of aromatic nitrogens is 4. The summed E-state index contributed by atoms with van der Waals surface area (Å²) < 4.78 is 7.38. The molecule has 7 nitrogen and oxygen atoms in total. The Labute approximate surface area is 145 Å². The van der Waals surface area contributed by atoms with Crippen LogP contribution in [-0.2, 0) is 11.3 Å². The van der Waals surface area contributed by atoms with Gasteiger partial charge in [0, 0.05) is 12.6 Å². The number of rotatable bonds is 3. The highest BCUT2D eigenvalue weighted by atomic mass is 16.5. The summed E-state index contributed by atoms with van der Waals surface area (Å²) in [5, 5.41) is 4.84. The zero-order valence-corrected chi connectivity index (χ0v) is 14.3. The van der Waals surface area contributed by atoms with Crippen molar-refractivity contribution in [2.75, 3.05) is 13.2 Å². The van der Waals surface area contributed by atoms with E-state index in [4.69, 9.17) is 4.74 Å². The van der Waals surface area contributed by atoms with Gasteiger partial charge in [-0.2, -0.15) is 5.10 Å². The van der Waals surface area contributed by atoms with Gasteiger partial charge in [-0.05, 0) is 26.0 Å². The third kappa shape index (κ3) is 3.08. The number of ether oxygens (including phenoxy) is 1. The molecule has 0 bridgehead atoms. The number of nitrogens with zero attached hydrogens (tertiary/aromatic N) is 4. The molecule has 7 heteroatoms. The highest BCUT2D eigenvalue weighted by Crippen LogP contribution is 2.16. The standard InChI is InChI=1S/C18H21N5O2/c1-12-11-25-13(2)9-22(12)10-16-20-17-15(18(24)21-16)8-19-23(17)14-6-4-3-5-7-14/h3-8,12-13H,9-11H2,1-2H3,(H,20,21,24)/t12-,13+/m0/s1. The lowest BCUT2D eigenvalue weighted by atomic mass is 10.2. The maximum atomic E-state index is 12.4. The summed E-state index contributed by atoms with van der Waals surface area (Å²) in [6.45, 7) is 6.27. The van der Waals surface area contributed by atoms with E-state index in [0.717, 1.165) is 12.2 Å². The van der Waals surface area contributed by atoms with Gasteiger partial charge < -0.3 is 9.72 Å². The van der Waals surface area contributed by atoms with Crippen LogP contribution < -0.4 is 5.56 Å². The van der Waals surface area contributed by atoms with E-state index in [-0.39, 0.29) is 17.7 Å². The second kappa shape index (κ2) is 6.42. The Morgan fingerprint density at radius 1 is 1.28 bits per heavy atom. The Balaban J connectivity index is 1.72. The number of aromatic amines is 1. The summed E-state index contributed by atoms with van der Waals surface area (Å²) in [5.74, 6) is 0.649. The molecule has 0 amide bonds. The predicted molar refractivity (Wildman–Crippen MR) is 94.8 cm³/mol. The van der Waals surface area contributed by atoms with Gasteiger partial charge in [-0.25, -0.2) is 9.67 Å². The first kappa shape index (κ1) is 16.0. The summed E-state index contributed by atoms with van der Waals surface area (Å²) >= 11 is 0. The van der Waals surface area contributed by atoms with E-state index >= 15 is 0 Å². The minimum Gasteiger partial charge on any atom is -0.376 e. The van der Waals surface area contributed by atoms with Crippen molar-refractivity contribution in [3.63, 3.8) is 0 Å². The Kier molecular flexibility index (Phi) is 4.10. The number of nitrogens with one attached hydrogen (secondary N) is 1. The highest BCUT2D eigenvalue weighted by Gasteiger charge is 2.24. The molecule has 1 aliphatic heterocycles. The molecule has 3 heterocycles. The van der Waals surface area contributed by atoms with Crippen LogP contribution in [-0.4, -0.2) is 49.9 Å². The summed E-state index contributed by atoms with van der Waals surface area (Å²) in [5.41, 5.74) is 1.31. The maximum Gasteiger partial charge on any atom is 0.262 e. The fraction of sp³-hybridized carbons (Fsp3) is 0.389. The van der Waals surface area contributed by atoms with Gasteiger partial charge >= 0.3 is 0 Å². The average molecular weight is 339 g/mol. The van der Waals surface area contributed by atoms with Crippen molar-refractivity contribution in [1.82, 2.24) is 24.6 Å². The van der Waals surface area contributed by atoms with E-state index in [1.807, 2.05) is 30.3 Å². The summed E-state index contributed by atoms with van der Waals surface area (Å²) in [6.07, 6.45) is 1.75. The molecule has 0 saturated carbocycles. The SMILES string of the molecule is C[C@@H]1CN(Cc2nc3c(cnn3-c3ccccc3)c(=O)[nH]2)[C@@H](C)CO1. The quantitative estimate of drug-likeness (QED) is 0.786. The fourth-order valence-electron chi connectivity index (χ4n) is 3.18. The number of hydrogen-bond acceptors (Lipinski definition) is 5. The van der Waals surface area contributed by atoms with Crippen LogP contribution in [0.1, 0.15) is 19.7 Å². The second-order valence-electron chi connectivity index (χ2n) is 6.56. The van der Waals surface area contributed by atoms with Crippen LogP contribution in [0.5, 0.6) is 0 Å². The molecule has 25 heavy (non-hydrogen) atoms. The first-order valence-corrected chi connectivity index (χ1v) is 8.50. The molecular formula is C18H21N5O2. The molecule has 2 aromatic heterocycles. The van der Waals surface area contributed by atoms with Crippen molar-refractivity contribution in [2.24, 2.45) is 0 Å². The van der Waals surface area contributed by atoms with E-state index in [1.165, 1.54) is 0 Å². The molecule has 3 aromatic rings. The number of para-hydroxylation sites is 1. The molecule has 0 radical (unpaired) electrons. The van der Waals surface area contributed by atoms with Crippen molar-refractivity contribution >= 4 is 11.0 Å². The fourth-order valence-corrected chi connectivity index (χ4v) is 3.18. The van der Waals surface area contributed by atoms with Crippen molar-refractivity contribution in [2.45, 2.75) is 32.5 Å². The molecule has 0 spiro atoms. The molecule has 1 saturated heterocycles. The lowest BCUT2D eigenvalue weighted by Crippen LogP contribution is -2.47. The Hall–Kier alpha value is -2.51. The Morgan fingerprint density at radius 3 is 2.88 bits per heavy atom. The monoisotopic (exact) mass is 339 g/mol. The molecule has 130 valence electrons. The summed E-state index contributed by atoms with van der Waals surface area (Å²) in [4.78, 5) is 22.3. The topological polar surface area (TPSA) is 76.0 Å². The van der Waals surface area contributed by atoms with Gasteiger partial charge in [-0.3, -0.25) is 9.69 Å². The first-order valence-electron chi connectivity index (χ1n) is 8.50. The van der Waals surface area contributed by atoms with E-state index < -0.39 is 0 Å². The van der Waals surface area contributed by atoms with E-state index in [9.17, 15) is 4.79 Å². The zero-order chi connectivity index (χ0) is 17.4. The third-order valence-electron chi connectivity index (χ3n) is 4.58. The molecule has 4 rings (SSSR count). The van der Waals surface area contributed by atoms with E-state index in [2.05, 4.69) is 33.8 Å². The molecule has 1 fully saturated rings. The number of fused-ring (bicyclic) bond motifs is 1. The minimum atomic E-state index is -0.156.